The van der Waals surface area contributed by atoms with Crippen molar-refractivity contribution in [3.8, 4) is 0 Å². The van der Waals surface area contributed by atoms with Gasteiger partial charge in [0.05, 0.1) is 6.04 Å². The summed E-state index contributed by atoms with van der Waals surface area (Å²) >= 11 is 0. The van der Waals surface area contributed by atoms with Gasteiger partial charge in [0.25, 0.3) is 0 Å². The minimum absolute atomic E-state index is 0.0355. The molecular weight excluding hydrogens is 200 g/mol. The van der Waals surface area contributed by atoms with E-state index in [4.69, 9.17) is 10.2 Å². The highest BCUT2D eigenvalue weighted by molar-refractivity contribution is 5.82. The smallest absolute Gasteiger partial charge is 0.332 e. The molecule has 6 heteroatoms. The van der Waals surface area contributed by atoms with E-state index in [1.807, 2.05) is 0 Å². The molecule has 1 amide bonds. The Balaban J connectivity index is 2.14. The number of carbonyl (C=O) groups excluding carboxylic acids is 1. The Kier molecular flexibility index (Phi) is 4.51. The molecule has 1 aliphatic heterocycles. The van der Waals surface area contributed by atoms with Gasteiger partial charge in [-0.2, -0.15) is 0 Å². The van der Waals surface area contributed by atoms with Crippen molar-refractivity contribution in [1.29, 1.82) is 0 Å². The first-order chi connectivity index (χ1) is 7.11. The molecule has 4 N–H and O–H groups in total. The maximum absolute atomic E-state index is 11.4. The number of carbonyl (C=O) groups is 2. The molecule has 1 unspecified atom stereocenters. The van der Waals surface area contributed by atoms with E-state index in [0.29, 0.717) is 0 Å². The van der Waals surface area contributed by atoms with E-state index in [0.717, 1.165) is 19.4 Å². The van der Waals surface area contributed by atoms with E-state index in [1.54, 1.807) is 0 Å². The second kappa shape index (κ2) is 5.67. The summed E-state index contributed by atoms with van der Waals surface area (Å²) in [5, 5.41) is 22.9. The summed E-state index contributed by atoms with van der Waals surface area (Å²) in [6, 6.07) is -0.160. The summed E-state index contributed by atoms with van der Waals surface area (Å²) in [6.07, 6.45) is 0.429. The topological polar surface area (TPSA) is 98.7 Å². The van der Waals surface area contributed by atoms with Crippen LogP contribution in [0.25, 0.3) is 0 Å². The highest BCUT2D eigenvalue weighted by Gasteiger charge is 2.21. The standard InChI is InChI=1S/C9H16N2O4/c12-7(9(14)15)3-5-11-8(13)6-2-1-4-10-6/h6-7,10,12H,1-5H2,(H,11,13)(H,14,15)/t6-,7?/m1/s1. The lowest BCUT2D eigenvalue weighted by atomic mass is 10.2. The molecule has 0 saturated carbocycles. The zero-order valence-corrected chi connectivity index (χ0v) is 8.40. The molecule has 86 valence electrons. The number of amides is 1. The fourth-order valence-corrected chi connectivity index (χ4v) is 1.49. The molecule has 1 aliphatic rings. The summed E-state index contributed by atoms with van der Waals surface area (Å²) in [4.78, 5) is 21.7. The first kappa shape index (κ1) is 11.9. The van der Waals surface area contributed by atoms with Gasteiger partial charge in [-0.3, -0.25) is 4.79 Å². The molecule has 0 spiro atoms. The lowest BCUT2D eigenvalue weighted by molar-refractivity contribution is -0.147. The third-order valence-corrected chi connectivity index (χ3v) is 2.38. The SMILES string of the molecule is O=C(O)C(O)CCNC(=O)[C@H]1CCCN1. The van der Waals surface area contributed by atoms with E-state index in [1.165, 1.54) is 0 Å². The minimum atomic E-state index is -1.40. The van der Waals surface area contributed by atoms with Crippen LogP contribution in [0.2, 0.25) is 0 Å². The van der Waals surface area contributed by atoms with Gasteiger partial charge >= 0.3 is 5.97 Å². The average molecular weight is 216 g/mol. The molecule has 1 rings (SSSR count). The Hall–Kier alpha value is -1.14. The molecule has 1 fully saturated rings. The van der Waals surface area contributed by atoms with Gasteiger partial charge < -0.3 is 20.8 Å². The molecule has 6 nitrogen and oxygen atoms in total. The van der Waals surface area contributed by atoms with Crippen LogP contribution in [0.15, 0.2) is 0 Å². The highest BCUT2D eigenvalue weighted by atomic mass is 16.4. The molecule has 1 saturated heterocycles. The third-order valence-electron chi connectivity index (χ3n) is 2.38. The van der Waals surface area contributed by atoms with Crippen molar-refractivity contribution in [1.82, 2.24) is 10.6 Å². The van der Waals surface area contributed by atoms with Crippen molar-refractivity contribution in [2.45, 2.75) is 31.4 Å². The van der Waals surface area contributed by atoms with Gasteiger partial charge in [-0.25, -0.2) is 4.79 Å². The van der Waals surface area contributed by atoms with Gasteiger partial charge in [0.15, 0.2) is 6.10 Å². The van der Waals surface area contributed by atoms with E-state index in [9.17, 15) is 9.59 Å². The van der Waals surface area contributed by atoms with Crippen molar-refractivity contribution >= 4 is 11.9 Å². The lowest BCUT2D eigenvalue weighted by Crippen LogP contribution is -2.41. The molecular formula is C9H16N2O4. The predicted octanol–water partition coefficient (Wildman–Crippen LogP) is -1.31. The van der Waals surface area contributed by atoms with Crippen LogP contribution in [0, 0.1) is 0 Å². The third kappa shape index (κ3) is 3.85. The quantitative estimate of drug-likeness (QED) is 0.457. The highest BCUT2D eigenvalue weighted by Crippen LogP contribution is 2.04. The van der Waals surface area contributed by atoms with Crippen LogP contribution in [0.4, 0.5) is 0 Å². The van der Waals surface area contributed by atoms with Gasteiger partial charge in [-0.15, -0.1) is 0 Å². The largest absolute Gasteiger partial charge is 0.479 e. The van der Waals surface area contributed by atoms with Crippen molar-refractivity contribution in [2.75, 3.05) is 13.1 Å². The molecule has 0 bridgehead atoms. The zero-order valence-electron chi connectivity index (χ0n) is 8.40. The minimum Gasteiger partial charge on any atom is -0.479 e. The van der Waals surface area contributed by atoms with Crippen LogP contribution in [0.1, 0.15) is 19.3 Å². The number of aliphatic carboxylic acids is 1. The summed E-state index contributed by atoms with van der Waals surface area (Å²) < 4.78 is 0. The van der Waals surface area contributed by atoms with E-state index in [-0.39, 0.29) is 24.9 Å². The second-order valence-corrected chi connectivity index (χ2v) is 3.58. The predicted molar refractivity (Wildman–Crippen MR) is 52.3 cm³/mol. The van der Waals surface area contributed by atoms with Crippen molar-refractivity contribution in [3.05, 3.63) is 0 Å². The van der Waals surface area contributed by atoms with Gasteiger partial charge in [-0.1, -0.05) is 0 Å². The average Bonchev–Trinajstić information content (AvgIpc) is 2.70. The van der Waals surface area contributed by atoms with Crippen molar-refractivity contribution in [3.63, 3.8) is 0 Å². The Bertz CT molecular complexity index is 238. The molecule has 0 radical (unpaired) electrons. The Morgan fingerprint density at radius 2 is 2.27 bits per heavy atom. The number of carboxylic acid groups (broad SMARTS) is 1. The van der Waals surface area contributed by atoms with Gasteiger partial charge in [-0.05, 0) is 19.4 Å². The van der Waals surface area contributed by atoms with Crippen LogP contribution < -0.4 is 10.6 Å². The Labute approximate surface area is 87.7 Å². The monoisotopic (exact) mass is 216 g/mol. The fraction of sp³-hybridized carbons (Fsp3) is 0.778. The maximum atomic E-state index is 11.4. The Morgan fingerprint density at radius 3 is 2.80 bits per heavy atom. The first-order valence-corrected chi connectivity index (χ1v) is 5.03. The molecule has 15 heavy (non-hydrogen) atoms. The van der Waals surface area contributed by atoms with Crippen LogP contribution >= 0.6 is 0 Å². The number of hydrogen-bond acceptors (Lipinski definition) is 4. The summed E-state index contributed by atoms with van der Waals surface area (Å²) in [5.41, 5.74) is 0. The number of aliphatic hydroxyl groups is 1. The second-order valence-electron chi connectivity index (χ2n) is 3.58. The van der Waals surface area contributed by atoms with Crippen LogP contribution in [-0.2, 0) is 9.59 Å². The van der Waals surface area contributed by atoms with Crippen molar-refractivity contribution in [2.24, 2.45) is 0 Å². The molecule has 1 heterocycles. The lowest BCUT2D eigenvalue weighted by Gasteiger charge is -2.11. The van der Waals surface area contributed by atoms with Crippen LogP contribution in [-0.4, -0.2) is 47.3 Å². The zero-order chi connectivity index (χ0) is 11.3. The van der Waals surface area contributed by atoms with E-state index in [2.05, 4.69) is 10.6 Å². The van der Waals surface area contributed by atoms with Crippen molar-refractivity contribution < 1.29 is 19.8 Å². The van der Waals surface area contributed by atoms with Gasteiger partial charge in [0.2, 0.25) is 5.91 Å². The number of carboxylic acids is 1. The molecule has 0 aromatic heterocycles. The molecule has 0 aromatic carbocycles. The summed E-state index contributed by atoms with van der Waals surface area (Å²) in [5.74, 6) is -1.38. The normalized spacial score (nSPS) is 22.3. The van der Waals surface area contributed by atoms with Crippen LogP contribution in [0.3, 0.4) is 0 Å². The fourth-order valence-electron chi connectivity index (χ4n) is 1.49. The number of aliphatic hydroxyl groups excluding tert-OH is 1. The molecule has 0 aromatic rings. The van der Waals surface area contributed by atoms with Gasteiger partial charge in [0, 0.05) is 13.0 Å². The first-order valence-electron chi connectivity index (χ1n) is 5.03. The van der Waals surface area contributed by atoms with Gasteiger partial charge in [0.1, 0.15) is 0 Å². The Morgan fingerprint density at radius 1 is 1.53 bits per heavy atom. The van der Waals surface area contributed by atoms with Crippen LogP contribution in [0.5, 0.6) is 0 Å². The molecule has 2 atom stereocenters. The summed E-state index contributed by atoms with van der Waals surface area (Å²) in [6.45, 7) is 1.03. The van der Waals surface area contributed by atoms with E-state index >= 15 is 0 Å². The number of rotatable bonds is 5. The number of hydrogen-bond donors (Lipinski definition) is 4. The molecule has 0 aliphatic carbocycles. The van der Waals surface area contributed by atoms with E-state index < -0.39 is 12.1 Å². The number of nitrogens with one attached hydrogen (secondary N) is 2. The maximum Gasteiger partial charge on any atom is 0.332 e. The summed E-state index contributed by atoms with van der Waals surface area (Å²) in [7, 11) is 0.